The molecule has 8 heteroatoms. The number of nitrogens with zero attached hydrogens (tertiary/aromatic N) is 4. The average Bonchev–Trinajstić information content (AvgIpc) is 3.19. The van der Waals surface area contributed by atoms with Gasteiger partial charge in [0, 0.05) is 29.5 Å². The number of carbonyl (C=O) groups is 1. The number of rotatable bonds is 5. The number of hydrogen-bond donors (Lipinski definition) is 1. The zero-order chi connectivity index (χ0) is 20.2. The summed E-state index contributed by atoms with van der Waals surface area (Å²) in [6, 6.07) is 16.6. The molecule has 0 aliphatic carbocycles. The molecule has 0 aliphatic heterocycles. The summed E-state index contributed by atoms with van der Waals surface area (Å²) in [6.45, 7) is 0.248. The number of amides is 1. The highest BCUT2D eigenvalue weighted by atomic mass is 35.5. The maximum Gasteiger partial charge on any atom is 0.274 e. The van der Waals surface area contributed by atoms with Crippen LogP contribution in [0.25, 0.3) is 16.9 Å². The maximum atomic E-state index is 13.3. The van der Waals surface area contributed by atoms with Gasteiger partial charge in [-0.1, -0.05) is 35.0 Å². The second-order valence-corrected chi connectivity index (χ2v) is 6.59. The van der Waals surface area contributed by atoms with Crippen LogP contribution in [-0.2, 0) is 6.54 Å². The smallest absolute Gasteiger partial charge is 0.274 e. The van der Waals surface area contributed by atoms with Gasteiger partial charge in [-0.05, 0) is 48.0 Å². The fraction of sp³-hybridized carbons (Fsp3) is 0.0476. The zero-order valence-corrected chi connectivity index (χ0v) is 15.8. The van der Waals surface area contributed by atoms with Crippen LogP contribution in [0.15, 0.2) is 73.1 Å². The molecule has 144 valence electrons. The van der Waals surface area contributed by atoms with Crippen molar-refractivity contribution < 1.29 is 9.18 Å². The van der Waals surface area contributed by atoms with E-state index in [1.165, 1.54) is 16.8 Å². The fourth-order valence-electron chi connectivity index (χ4n) is 2.87. The minimum absolute atomic E-state index is 0.146. The van der Waals surface area contributed by atoms with Crippen LogP contribution in [0, 0.1) is 5.82 Å². The molecule has 0 spiro atoms. The van der Waals surface area contributed by atoms with Crippen LogP contribution >= 0.6 is 11.6 Å². The fourth-order valence-corrected chi connectivity index (χ4v) is 3.07. The lowest BCUT2D eigenvalue weighted by atomic mass is 10.1. The lowest BCUT2D eigenvalue weighted by Gasteiger charge is -2.09. The van der Waals surface area contributed by atoms with Gasteiger partial charge < -0.3 is 5.32 Å². The van der Waals surface area contributed by atoms with Gasteiger partial charge >= 0.3 is 0 Å². The van der Waals surface area contributed by atoms with E-state index in [0.29, 0.717) is 22.0 Å². The SMILES string of the molecule is O=C(NCc1ccccc1Cl)c1nnn(-c2ccc(F)cc2)c1-c1ccncc1. The first-order valence-corrected chi connectivity index (χ1v) is 9.15. The topological polar surface area (TPSA) is 72.7 Å². The third-order valence-corrected chi connectivity index (χ3v) is 4.68. The number of hydrogen-bond acceptors (Lipinski definition) is 4. The predicted octanol–water partition coefficient (Wildman–Crippen LogP) is 4.05. The zero-order valence-electron chi connectivity index (χ0n) is 15.1. The molecule has 0 fully saturated rings. The highest BCUT2D eigenvalue weighted by Crippen LogP contribution is 2.25. The highest BCUT2D eigenvalue weighted by molar-refractivity contribution is 6.31. The third-order valence-electron chi connectivity index (χ3n) is 4.31. The van der Waals surface area contributed by atoms with Crippen LogP contribution in [0.3, 0.4) is 0 Å². The molecular weight excluding hydrogens is 393 g/mol. The van der Waals surface area contributed by atoms with Gasteiger partial charge in [-0.25, -0.2) is 9.07 Å². The van der Waals surface area contributed by atoms with Crippen molar-refractivity contribution in [3.63, 3.8) is 0 Å². The van der Waals surface area contributed by atoms with E-state index in [2.05, 4.69) is 20.6 Å². The first-order valence-electron chi connectivity index (χ1n) is 8.77. The first-order chi connectivity index (χ1) is 14.1. The highest BCUT2D eigenvalue weighted by Gasteiger charge is 2.22. The molecule has 2 aromatic heterocycles. The van der Waals surface area contributed by atoms with Crippen molar-refractivity contribution in [2.45, 2.75) is 6.54 Å². The molecule has 1 amide bonds. The van der Waals surface area contributed by atoms with Crippen LogP contribution in [0.5, 0.6) is 0 Å². The van der Waals surface area contributed by atoms with Crippen molar-refractivity contribution in [1.82, 2.24) is 25.3 Å². The minimum Gasteiger partial charge on any atom is -0.346 e. The normalized spacial score (nSPS) is 10.7. The molecule has 29 heavy (non-hydrogen) atoms. The second-order valence-electron chi connectivity index (χ2n) is 6.18. The minimum atomic E-state index is -0.398. The number of pyridine rings is 1. The largest absolute Gasteiger partial charge is 0.346 e. The molecule has 4 aromatic rings. The summed E-state index contributed by atoms with van der Waals surface area (Å²) in [5.41, 5.74) is 2.70. The average molecular weight is 408 g/mol. The molecule has 2 aromatic carbocycles. The number of nitrogens with one attached hydrogen (secondary N) is 1. The molecule has 6 nitrogen and oxygen atoms in total. The van der Waals surface area contributed by atoms with Gasteiger partial charge in [0.15, 0.2) is 5.69 Å². The maximum absolute atomic E-state index is 13.3. The molecule has 0 radical (unpaired) electrons. The van der Waals surface area contributed by atoms with Crippen molar-refractivity contribution in [3.8, 4) is 16.9 Å². The number of halogens is 2. The Morgan fingerprint density at radius 1 is 1.03 bits per heavy atom. The molecule has 4 rings (SSSR count). The van der Waals surface area contributed by atoms with E-state index in [-0.39, 0.29) is 18.1 Å². The Morgan fingerprint density at radius 3 is 2.48 bits per heavy atom. The van der Waals surface area contributed by atoms with Crippen LogP contribution in [0.2, 0.25) is 5.02 Å². The molecule has 0 unspecified atom stereocenters. The van der Waals surface area contributed by atoms with E-state index in [1.807, 2.05) is 18.2 Å². The Labute approximate surface area is 171 Å². The summed E-state index contributed by atoms with van der Waals surface area (Å²) in [5, 5.41) is 11.6. The lowest BCUT2D eigenvalue weighted by molar-refractivity contribution is 0.0946. The van der Waals surface area contributed by atoms with Crippen molar-refractivity contribution >= 4 is 17.5 Å². The number of benzene rings is 2. The second kappa shape index (κ2) is 8.20. The first kappa shape index (κ1) is 18.8. The van der Waals surface area contributed by atoms with Crippen LogP contribution in [0.4, 0.5) is 4.39 Å². The summed E-state index contributed by atoms with van der Waals surface area (Å²) in [6.07, 6.45) is 3.23. The van der Waals surface area contributed by atoms with Gasteiger partial charge in [-0.3, -0.25) is 9.78 Å². The summed E-state index contributed by atoms with van der Waals surface area (Å²) in [5.74, 6) is -0.762. The molecule has 0 saturated carbocycles. The number of aromatic nitrogens is 4. The molecule has 1 N–H and O–H groups in total. The summed E-state index contributed by atoms with van der Waals surface area (Å²) < 4.78 is 14.8. The Morgan fingerprint density at radius 2 is 1.76 bits per heavy atom. The monoisotopic (exact) mass is 407 g/mol. The van der Waals surface area contributed by atoms with Crippen LogP contribution in [0.1, 0.15) is 16.1 Å². The van der Waals surface area contributed by atoms with Crippen LogP contribution in [-0.4, -0.2) is 25.9 Å². The standard InChI is InChI=1S/C21H15ClFN5O/c22-18-4-2-1-3-15(18)13-25-21(29)19-20(14-9-11-24-12-10-14)28(27-26-19)17-7-5-16(23)6-8-17/h1-12H,13H2,(H,25,29). The Balaban J connectivity index is 1.70. The van der Waals surface area contributed by atoms with E-state index in [0.717, 1.165) is 5.56 Å². The Bertz CT molecular complexity index is 1150. The summed E-state index contributed by atoms with van der Waals surface area (Å²) in [7, 11) is 0. The summed E-state index contributed by atoms with van der Waals surface area (Å²) >= 11 is 6.16. The Kier molecular flexibility index (Phi) is 5.31. The van der Waals surface area contributed by atoms with E-state index in [4.69, 9.17) is 11.6 Å². The van der Waals surface area contributed by atoms with Crippen molar-refractivity contribution in [2.24, 2.45) is 0 Å². The van der Waals surface area contributed by atoms with Crippen molar-refractivity contribution in [3.05, 3.63) is 95.2 Å². The lowest BCUT2D eigenvalue weighted by Crippen LogP contribution is -2.24. The Hall–Kier alpha value is -3.58. The van der Waals surface area contributed by atoms with Gasteiger partial charge in [0.25, 0.3) is 5.91 Å². The van der Waals surface area contributed by atoms with Crippen molar-refractivity contribution in [1.29, 1.82) is 0 Å². The van der Waals surface area contributed by atoms with E-state index in [9.17, 15) is 9.18 Å². The van der Waals surface area contributed by atoms with E-state index in [1.54, 1.807) is 42.7 Å². The molecule has 0 aliphatic rings. The van der Waals surface area contributed by atoms with Gasteiger partial charge in [0.1, 0.15) is 11.5 Å². The van der Waals surface area contributed by atoms with E-state index < -0.39 is 5.91 Å². The summed E-state index contributed by atoms with van der Waals surface area (Å²) in [4.78, 5) is 16.9. The molecule has 0 saturated heterocycles. The van der Waals surface area contributed by atoms with Crippen molar-refractivity contribution in [2.75, 3.05) is 0 Å². The number of carbonyl (C=O) groups excluding carboxylic acids is 1. The van der Waals surface area contributed by atoms with Gasteiger partial charge in [-0.15, -0.1) is 5.10 Å². The van der Waals surface area contributed by atoms with E-state index >= 15 is 0 Å². The molecular formula is C21H15ClFN5O. The molecule has 0 bridgehead atoms. The van der Waals surface area contributed by atoms with Gasteiger partial charge in [-0.2, -0.15) is 0 Å². The predicted molar refractivity (Wildman–Crippen MR) is 107 cm³/mol. The van der Waals surface area contributed by atoms with Gasteiger partial charge in [0.05, 0.1) is 5.69 Å². The third kappa shape index (κ3) is 4.00. The van der Waals surface area contributed by atoms with Crippen LogP contribution < -0.4 is 5.32 Å². The molecule has 2 heterocycles. The molecule has 0 atom stereocenters. The quantitative estimate of drug-likeness (QED) is 0.541. The van der Waals surface area contributed by atoms with Gasteiger partial charge in [0.2, 0.25) is 0 Å².